The van der Waals surface area contributed by atoms with E-state index in [0.29, 0.717) is 13.2 Å². The molecule has 25 heavy (non-hydrogen) atoms. The van der Waals surface area contributed by atoms with Gasteiger partial charge in [-0.3, -0.25) is 9.69 Å². The first-order chi connectivity index (χ1) is 12.2. The van der Waals surface area contributed by atoms with E-state index in [4.69, 9.17) is 4.74 Å². The van der Waals surface area contributed by atoms with Gasteiger partial charge in [-0.1, -0.05) is 50.6 Å². The Balaban J connectivity index is 2.00. The second-order valence-electron chi connectivity index (χ2n) is 6.94. The summed E-state index contributed by atoms with van der Waals surface area (Å²) in [5.41, 5.74) is 1.07. The molecule has 0 aliphatic heterocycles. The fourth-order valence-corrected chi connectivity index (χ4v) is 3.78. The summed E-state index contributed by atoms with van der Waals surface area (Å²) >= 11 is 0. The summed E-state index contributed by atoms with van der Waals surface area (Å²) in [4.78, 5) is 15.3. The first-order valence-electron chi connectivity index (χ1n) is 9.82. The second kappa shape index (κ2) is 9.93. The molecule has 1 amide bonds. The Morgan fingerprint density at radius 2 is 1.88 bits per heavy atom. The van der Waals surface area contributed by atoms with E-state index in [0.717, 1.165) is 45.4 Å². The molecule has 4 heteroatoms. The van der Waals surface area contributed by atoms with Gasteiger partial charge in [-0.05, 0) is 44.8 Å². The fourth-order valence-electron chi connectivity index (χ4n) is 3.78. The maximum atomic E-state index is 12.9. The minimum Gasteiger partial charge on any atom is -0.382 e. The van der Waals surface area contributed by atoms with Crippen molar-refractivity contribution in [3.05, 3.63) is 35.9 Å². The molecule has 1 aliphatic carbocycles. The lowest BCUT2D eigenvalue weighted by atomic mass is 9.66. The molecule has 1 N–H and O–H groups in total. The van der Waals surface area contributed by atoms with Crippen molar-refractivity contribution in [3.8, 4) is 0 Å². The van der Waals surface area contributed by atoms with E-state index >= 15 is 0 Å². The van der Waals surface area contributed by atoms with Gasteiger partial charge in [-0.25, -0.2) is 0 Å². The first kappa shape index (κ1) is 19.9. The molecule has 2 rings (SSSR count). The Bertz CT molecular complexity index is 510. The highest BCUT2D eigenvalue weighted by molar-refractivity contribution is 5.83. The molecule has 0 unspecified atom stereocenters. The SMILES string of the molecule is CCOCCC1(C(=O)NC[C@H](c2ccccc2)N(CC)CC)CCC1. The molecule has 0 heterocycles. The number of nitrogens with zero attached hydrogens (tertiary/aromatic N) is 1. The molecule has 0 saturated heterocycles. The maximum Gasteiger partial charge on any atom is 0.226 e. The number of rotatable bonds is 11. The van der Waals surface area contributed by atoms with Crippen molar-refractivity contribution in [1.82, 2.24) is 10.2 Å². The highest BCUT2D eigenvalue weighted by atomic mass is 16.5. The normalized spacial score (nSPS) is 17.1. The lowest BCUT2D eigenvalue weighted by Gasteiger charge is -2.41. The molecule has 0 radical (unpaired) electrons. The van der Waals surface area contributed by atoms with Gasteiger partial charge >= 0.3 is 0 Å². The topological polar surface area (TPSA) is 41.6 Å². The van der Waals surface area contributed by atoms with Crippen LogP contribution in [-0.4, -0.2) is 43.7 Å². The molecule has 1 atom stereocenters. The standard InChI is InChI=1S/C21H34N2O2/c1-4-23(5-2)19(18-11-8-7-9-12-18)17-22-20(24)21(13-10-14-21)15-16-25-6-3/h7-9,11-12,19H,4-6,10,13-17H2,1-3H3,(H,22,24)/t19-/m1/s1. The van der Waals surface area contributed by atoms with E-state index in [9.17, 15) is 4.79 Å². The fraction of sp³-hybridized carbons (Fsp3) is 0.667. The average molecular weight is 347 g/mol. The van der Waals surface area contributed by atoms with Gasteiger partial charge in [0.2, 0.25) is 5.91 Å². The minimum absolute atomic E-state index is 0.195. The van der Waals surface area contributed by atoms with Crippen LogP contribution in [0.15, 0.2) is 30.3 Å². The number of hydrogen-bond donors (Lipinski definition) is 1. The van der Waals surface area contributed by atoms with Crippen LogP contribution in [0.4, 0.5) is 0 Å². The van der Waals surface area contributed by atoms with E-state index < -0.39 is 0 Å². The Morgan fingerprint density at radius 1 is 1.20 bits per heavy atom. The molecule has 1 aromatic carbocycles. The molecule has 1 saturated carbocycles. The van der Waals surface area contributed by atoms with Crippen molar-refractivity contribution < 1.29 is 9.53 Å². The van der Waals surface area contributed by atoms with Gasteiger partial charge in [0, 0.05) is 19.8 Å². The summed E-state index contributed by atoms with van der Waals surface area (Å²) in [6, 6.07) is 10.7. The molecule has 1 aromatic rings. The molecule has 4 nitrogen and oxygen atoms in total. The van der Waals surface area contributed by atoms with Crippen molar-refractivity contribution in [2.45, 2.75) is 52.5 Å². The van der Waals surface area contributed by atoms with Crippen molar-refractivity contribution in [2.24, 2.45) is 5.41 Å². The highest BCUT2D eigenvalue weighted by Gasteiger charge is 2.43. The predicted molar refractivity (Wildman–Crippen MR) is 103 cm³/mol. The Morgan fingerprint density at radius 3 is 2.40 bits per heavy atom. The lowest BCUT2D eigenvalue weighted by Crippen LogP contribution is -2.48. The van der Waals surface area contributed by atoms with Crippen LogP contribution in [0.5, 0.6) is 0 Å². The van der Waals surface area contributed by atoms with Gasteiger partial charge in [0.25, 0.3) is 0 Å². The molecular formula is C21H34N2O2. The molecular weight excluding hydrogens is 312 g/mol. The third-order valence-corrected chi connectivity index (χ3v) is 5.61. The van der Waals surface area contributed by atoms with E-state index in [1.807, 2.05) is 13.0 Å². The summed E-state index contributed by atoms with van der Waals surface area (Å²) in [7, 11) is 0. The molecule has 0 spiro atoms. The van der Waals surface area contributed by atoms with E-state index in [1.54, 1.807) is 0 Å². The van der Waals surface area contributed by atoms with Gasteiger partial charge in [0.15, 0.2) is 0 Å². The van der Waals surface area contributed by atoms with Crippen LogP contribution < -0.4 is 5.32 Å². The number of hydrogen-bond acceptors (Lipinski definition) is 3. The van der Waals surface area contributed by atoms with Gasteiger partial charge in [-0.15, -0.1) is 0 Å². The van der Waals surface area contributed by atoms with Gasteiger partial charge in [0.05, 0.1) is 11.5 Å². The molecule has 140 valence electrons. The zero-order valence-electron chi connectivity index (χ0n) is 16.1. The third kappa shape index (κ3) is 5.05. The van der Waals surface area contributed by atoms with Crippen LogP contribution in [0.1, 0.15) is 58.1 Å². The quantitative estimate of drug-likeness (QED) is 0.620. The third-order valence-electron chi connectivity index (χ3n) is 5.61. The van der Waals surface area contributed by atoms with Crippen LogP contribution in [0.25, 0.3) is 0 Å². The summed E-state index contributed by atoms with van der Waals surface area (Å²) in [5, 5.41) is 3.26. The molecule has 0 aromatic heterocycles. The molecule has 1 fully saturated rings. The monoisotopic (exact) mass is 346 g/mol. The first-order valence-corrected chi connectivity index (χ1v) is 9.82. The van der Waals surface area contributed by atoms with Crippen LogP contribution in [0.2, 0.25) is 0 Å². The summed E-state index contributed by atoms with van der Waals surface area (Å²) in [6.45, 7) is 10.4. The lowest BCUT2D eigenvalue weighted by molar-refractivity contribution is -0.138. The number of carbonyl (C=O) groups excluding carboxylic acids is 1. The summed E-state index contributed by atoms with van der Waals surface area (Å²) < 4.78 is 5.49. The average Bonchev–Trinajstić information content (AvgIpc) is 2.61. The number of likely N-dealkylation sites (N-methyl/N-ethyl adjacent to an activating group) is 1. The van der Waals surface area contributed by atoms with Crippen molar-refractivity contribution in [1.29, 1.82) is 0 Å². The van der Waals surface area contributed by atoms with E-state index in [2.05, 4.69) is 48.3 Å². The van der Waals surface area contributed by atoms with Crippen molar-refractivity contribution >= 4 is 5.91 Å². The minimum atomic E-state index is -0.195. The largest absolute Gasteiger partial charge is 0.382 e. The number of amides is 1. The van der Waals surface area contributed by atoms with E-state index in [-0.39, 0.29) is 17.4 Å². The van der Waals surface area contributed by atoms with E-state index in [1.165, 1.54) is 5.56 Å². The maximum absolute atomic E-state index is 12.9. The zero-order valence-corrected chi connectivity index (χ0v) is 16.1. The van der Waals surface area contributed by atoms with Gasteiger partial charge < -0.3 is 10.1 Å². The van der Waals surface area contributed by atoms with Gasteiger partial charge in [-0.2, -0.15) is 0 Å². The molecule has 0 bridgehead atoms. The van der Waals surface area contributed by atoms with Gasteiger partial charge in [0.1, 0.15) is 0 Å². The number of ether oxygens (including phenoxy) is 1. The number of carbonyl (C=O) groups is 1. The molecule has 1 aliphatic rings. The Kier molecular flexibility index (Phi) is 7.91. The van der Waals surface area contributed by atoms with Crippen LogP contribution in [0, 0.1) is 5.41 Å². The van der Waals surface area contributed by atoms with Crippen LogP contribution >= 0.6 is 0 Å². The smallest absolute Gasteiger partial charge is 0.226 e. The van der Waals surface area contributed by atoms with Crippen LogP contribution in [-0.2, 0) is 9.53 Å². The Labute approximate surface area is 152 Å². The summed E-state index contributed by atoms with van der Waals surface area (Å²) in [5.74, 6) is 0.214. The second-order valence-corrected chi connectivity index (χ2v) is 6.94. The van der Waals surface area contributed by atoms with Crippen molar-refractivity contribution in [3.63, 3.8) is 0 Å². The van der Waals surface area contributed by atoms with Crippen molar-refractivity contribution in [2.75, 3.05) is 32.8 Å². The van der Waals surface area contributed by atoms with Crippen LogP contribution in [0.3, 0.4) is 0 Å². The zero-order chi connectivity index (χ0) is 18.1. The number of benzene rings is 1. The highest BCUT2D eigenvalue weighted by Crippen LogP contribution is 2.44. The predicted octanol–water partition coefficient (Wildman–Crippen LogP) is 3.78. The number of nitrogens with one attached hydrogen (secondary N) is 1. The Hall–Kier alpha value is -1.39. The summed E-state index contributed by atoms with van der Waals surface area (Å²) in [6.07, 6.45) is 3.98.